The van der Waals surface area contributed by atoms with Crippen LogP contribution in [-0.2, 0) is 27.2 Å². The molecule has 172 valence electrons. The van der Waals surface area contributed by atoms with Crippen molar-refractivity contribution >= 4 is 28.5 Å². The number of aliphatic hydroxyl groups excluding tert-OH is 1. The maximum atomic E-state index is 12.8. The van der Waals surface area contributed by atoms with Gasteiger partial charge in [-0.15, -0.1) is 0 Å². The first-order valence-electron chi connectivity index (χ1n) is 10.8. The molecule has 0 saturated carbocycles. The number of aromatic nitrogens is 4. The third-order valence-electron chi connectivity index (χ3n) is 6.22. The smallest absolute Gasteiger partial charge is 0.332 e. The quantitative estimate of drug-likeness (QED) is 0.592. The third kappa shape index (κ3) is 4.07. The van der Waals surface area contributed by atoms with Crippen molar-refractivity contribution in [2.75, 3.05) is 37.7 Å². The van der Waals surface area contributed by atoms with Crippen LogP contribution in [0, 0.1) is 6.92 Å². The van der Waals surface area contributed by atoms with Crippen molar-refractivity contribution in [3.8, 4) is 0 Å². The molecule has 1 aliphatic heterocycles. The average molecular weight is 461 g/mol. The molecule has 0 amide bonds. The Hall–Kier alpha value is -2.62. The molecular formula is C22H29ClN6O3. The lowest BCUT2D eigenvalue weighted by molar-refractivity contribution is 0.238. The Kier molecular flexibility index (Phi) is 6.41. The van der Waals surface area contributed by atoms with Crippen LogP contribution in [0.1, 0.15) is 17.8 Å². The van der Waals surface area contributed by atoms with Crippen molar-refractivity contribution < 1.29 is 5.11 Å². The normalized spacial score (nSPS) is 15.1. The molecule has 3 heterocycles. The van der Waals surface area contributed by atoms with E-state index in [1.165, 1.54) is 17.2 Å². The summed E-state index contributed by atoms with van der Waals surface area (Å²) in [7, 11) is 3.10. The highest BCUT2D eigenvalue weighted by Gasteiger charge is 2.23. The number of hydrogen-bond acceptors (Lipinski definition) is 6. The summed E-state index contributed by atoms with van der Waals surface area (Å²) >= 11 is 6.20. The number of piperazine rings is 1. The Balaban J connectivity index is 1.60. The lowest BCUT2D eigenvalue weighted by atomic mass is 10.1. The second kappa shape index (κ2) is 9.09. The lowest BCUT2D eigenvalue weighted by Gasteiger charge is -2.36. The number of fused-ring (bicyclic) bond motifs is 1. The Labute approximate surface area is 191 Å². The molecule has 0 aliphatic carbocycles. The molecule has 1 saturated heterocycles. The summed E-state index contributed by atoms with van der Waals surface area (Å²) in [6.07, 6.45) is 0.506. The Bertz CT molecular complexity index is 1250. The monoisotopic (exact) mass is 460 g/mol. The Morgan fingerprint density at radius 2 is 1.81 bits per heavy atom. The molecule has 1 aromatic carbocycles. The first-order valence-corrected chi connectivity index (χ1v) is 11.2. The fraction of sp³-hybridized carbons (Fsp3) is 0.500. The zero-order valence-corrected chi connectivity index (χ0v) is 19.5. The maximum Gasteiger partial charge on any atom is 0.332 e. The van der Waals surface area contributed by atoms with Crippen LogP contribution in [-0.4, -0.2) is 61.5 Å². The van der Waals surface area contributed by atoms with Crippen LogP contribution in [0.15, 0.2) is 27.8 Å². The van der Waals surface area contributed by atoms with Gasteiger partial charge in [0.05, 0.1) is 6.54 Å². The van der Waals surface area contributed by atoms with Crippen LogP contribution in [0.2, 0.25) is 5.02 Å². The molecule has 1 aliphatic rings. The first kappa shape index (κ1) is 22.6. The van der Waals surface area contributed by atoms with Gasteiger partial charge in [0.25, 0.3) is 5.56 Å². The number of hydrogen-bond donors (Lipinski definition) is 1. The van der Waals surface area contributed by atoms with E-state index in [0.29, 0.717) is 30.7 Å². The zero-order chi connectivity index (χ0) is 23.0. The highest BCUT2D eigenvalue weighted by atomic mass is 35.5. The van der Waals surface area contributed by atoms with Crippen LogP contribution >= 0.6 is 11.6 Å². The summed E-state index contributed by atoms with van der Waals surface area (Å²) in [5.41, 5.74) is 2.40. The van der Waals surface area contributed by atoms with Crippen molar-refractivity contribution in [2.24, 2.45) is 14.1 Å². The minimum absolute atomic E-state index is 0.0167. The lowest BCUT2D eigenvalue weighted by Crippen LogP contribution is -2.46. The molecule has 1 N–H and O–H groups in total. The van der Waals surface area contributed by atoms with Crippen molar-refractivity contribution in [2.45, 2.75) is 26.4 Å². The fourth-order valence-corrected chi connectivity index (χ4v) is 4.52. The summed E-state index contributed by atoms with van der Waals surface area (Å²) in [5.74, 6) is 0.735. The molecule has 0 radical (unpaired) electrons. The summed E-state index contributed by atoms with van der Waals surface area (Å²) in [6.45, 7) is 6.54. The van der Waals surface area contributed by atoms with Crippen LogP contribution in [0.5, 0.6) is 0 Å². The van der Waals surface area contributed by atoms with Crippen molar-refractivity contribution in [1.29, 1.82) is 0 Å². The van der Waals surface area contributed by atoms with Crippen molar-refractivity contribution in [3.63, 3.8) is 0 Å². The van der Waals surface area contributed by atoms with Crippen LogP contribution < -0.4 is 16.1 Å². The predicted molar refractivity (Wildman–Crippen MR) is 126 cm³/mol. The number of anilines is 1. The van der Waals surface area contributed by atoms with Gasteiger partial charge in [-0.1, -0.05) is 17.7 Å². The van der Waals surface area contributed by atoms with Gasteiger partial charge in [-0.05, 0) is 31.0 Å². The van der Waals surface area contributed by atoms with Gasteiger partial charge in [0.1, 0.15) is 5.82 Å². The number of halogens is 1. The fourth-order valence-electron chi connectivity index (χ4n) is 4.35. The standard InChI is InChI=1S/C22H29ClN6O3/c1-15-5-6-16(23)13-17(15)28-10-8-27(9-11-28)14-18-24-20-19(29(18)7-4-12-30)21(31)26(3)22(32)25(20)2/h5-6,13,30H,4,7-12,14H2,1-3H3. The summed E-state index contributed by atoms with van der Waals surface area (Å²) in [4.78, 5) is 34.5. The Morgan fingerprint density at radius 1 is 1.09 bits per heavy atom. The van der Waals surface area contributed by atoms with Gasteiger partial charge in [0.2, 0.25) is 0 Å². The van der Waals surface area contributed by atoms with Gasteiger partial charge in [0.15, 0.2) is 11.2 Å². The molecule has 2 aromatic heterocycles. The van der Waals surface area contributed by atoms with Crippen LogP contribution in [0.4, 0.5) is 5.69 Å². The molecule has 0 unspecified atom stereocenters. The van der Waals surface area contributed by atoms with Gasteiger partial charge in [0, 0.05) is 64.1 Å². The van der Waals surface area contributed by atoms with E-state index in [1.807, 2.05) is 22.8 Å². The van der Waals surface area contributed by atoms with E-state index in [2.05, 4.69) is 21.7 Å². The van der Waals surface area contributed by atoms with E-state index in [1.54, 1.807) is 7.05 Å². The second-order valence-corrected chi connectivity index (χ2v) is 8.77. The maximum absolute atomic E-state index is 12.8. The zero-order valence-electron chi connectivity index (χ0n) is 18.7. The summed E-state index contributed by atoms with van der Waals surface area (Å²) in [6, 6.07) is 5.96. The topological polar surface area (TPSA) is 88.5 Å². The number of rotatable bonds is 6. The van der Waals surface area contributed by atoms with Gasteiger partial charge in [-0.2, -0.15) is 0 Å². The minimum Gasteiger partial charge on any atom is -0.396 e. The molecule has 1 fully saturated rings. The first-order chi connectivity index (χ1) is 15.3. The molecule has 0 bridgehead atoms. The molecule has 0 atom stereocenters. The number of aliphatic hydroxyl groups is 1. The second-order valence-electron chi connectivity index (χ2n) is 8.33. The molecule has 3 aromatic rings. The number of nitrogens with zero attached hydrogens (tertiary/aromatic N) is 6. The molecule has 10 heteroatoms. The number of imidazole rings is 1. The van der Waals surface area contributed by atoms with E-state index < -0.39 is 5.69 Å². The highest BCUT2D eigenvalue weighted by molar-refractivity contribution is 6.30. The summed E-state index contributed by atoms with van der Waals surface area (Å²) < 4.78 is 4.38. The van der Waals surface area contributed by atoms with Gasteiger partial charge < -0.3 is 14.6 Å². The Morgan fingerprint density at radius 3 is 2.50 bits per heavy atom. The third-order valence-corrected chi connectivity index (χ3v) is 6.45. The van der Waals surface area contributed by atoms with Crippen molar-refractivity contribution in [1.82, 2.24) is 23.6 Å². The van der Waals surface area contributed by atoms with Crippen molar-refractivity contribution in [3.05, 3.63) is 55.4 Å². The molecule has 9 nitrogen and oxygen atoms in total. The molecule has 4 rings (SSSR count). The van der Waals surface area contributed by atoms with Gasteiger partial charge >= 0.3 is 5.69 Å². The SMILES string of the molecule is Cc1ccc(Cl)cc1N1CCN(Cc2nc3c(c(=O)n(C)c(=O)n3C)n2CCCO)CC1. The molecule has 32 heavy (non-hydrogen) atoms. The van der Waals surface area contributed by atoms with E-state index in [4.69, 9.17) is 11.6 Å². The summed E-state index contributed by atoms with van der Waals surface area (Å²) in [5, 5.41) is 10.1. The average Bonchev–Trinajstić information content (AvgIpc) is 3.15. The van der Waals surface area contributed by atoms with E-state index in [-0.39, 0.29) is 12.2 Å². The highest BCUT2D eigenvalue weighted by Crippen LogP contribution is 2.25. The molecular weight excluding hydrogens is 432 g/mol. The number of aryl methyl sites for hydroxylation is 3. The minimum atomic E-state index is -0.397. The largest absolute Gasteiger partial charge is 0.396 e. The van der Waals surface area contributed by atoms with E-state index >= 15 is 0 Å². The predicted octanol–water partition coefficient (Wildman–Crippen LogP) is 1.10. The van der Waals surface area contributed by atoms with Gasteiger partial charge in [-0.25, -0.2) is 9.78 Å². The molecule has 0 spiro atoms. The van der Waals surface area contributed by atoms with E-state index in [0.717, 1.165) is 47.3 Å². The van der Waals surface area contributed by atoms with Crippen LogP contribution in [0.3, 0.4) is 0 Å². The number of benzene rings is 1. The van der Waals surface area contributed by atoms with E-state index in [9.17, 15) is 14.7 Å². The van der Waals surface area contributed by atoms with Crippen LogP contribution in [0.25, 0.3) is 11.2 Å². The van der Waals surface area contributed by atoms with Gasteiger partial charge in [-0.3, -0.25) is 18.8 Å².